The molecular weight excluding hydrogens is 702 g/mol. The standard InChI is InChI=1S/C51H34N3OP/c55-56(38-23-9-3-10-24-38,39-25-11-4-12-26-39)40-27-17-22-37(32-40)50-45-33-44(41-28-13-14-29-42(41)49(45)43-30-15-16-31-46(43)52-50)51-53-47(35-18-5-1-6-19-35)34-48(54-51)36-20-7-2-8-21-36/h1-34H. The first-order valence-corrected chi connectivity index (χ1v) is 20.4. The third-order valence-corrected chi connectivity index (χ3v) is 13.6. The smallest absolute Gasteiger partial charge is 0.171 e. The van der Waals surface area contributed by atoms with Crippen LogP contribution >= 0.6 is 7.14 Å². The second-order valence-electron chi connectivity index (χ2n) is 13.9. The first-order valence-electron chi connectivity index (χ1n) is 18.7. The molecule has 0 radical (unpaired) electrons. The molecule has 4 nitrogen and oxygen atoms in total. The van der Waals surface area contributed by atoms with E-state index in [0.717, 1.165) is 87.7 Å². The summed E-state index contributed by atoms with van der Waals surface area (Å²) in [5, 5.41) is 7.61. The average Bonchev–Trinajstić information content (AvgIpc) is 3.29. The van der Waals surface area contributed by atoms with Crippen molar-refractivity contribution in [2.45, 2.75) is 0 Å². The van der Waals surface area contributed by atoms with Crippen molar-refractivity contribution in [1.82, 2.24) is 15.0 Å². The summed E-state index contributed by atoms with van der Waals surface area (Å²) in [4.78, 5) is 15.9. The predicted molar refractivity (Wildman–Crippen MR) is 233 cm³/mol. The van der Waals surface area contributed by atoms with E-state index < -0.39 is 7.14 Å². The molecule has 0 aliphatic carbocycles. The lowest BCUT2D eigenvalue weighted by Crippen LogP contribution is -2.25. The van der Waals surface area contributed by atoms with E-state index in [9.17, 15) is 0 Å². The molecule has 5 heteroatoms. The Morgan fingerprint density at radius 1 is 0.357 bits per heavy atom. The van der Waals surface area contributed by atoms with Gasteiger partial charge in [-0.15, -0.1) is 0 Å². The fourth-order valence-electron chi connectivity index (χ4n) is 7.87. The lowest BCUT2D eigenvalue weighted by Gasteiger charge is -2.21. The number of para-hydroxylation sites is 1. The van der Waals surface area contributed by atoms with Crippen LogP contribution in [0.2, 0.25) is 0 Å². The number of pyridine rings is 1. The summed E-state index contributed by atoms with van der Waals surface area (Å²) in [6.45, 7) is 0. The lowest BCUT2D eigenvalue weighted by atomic mass is 9.92. The van der Waals surface area contributed by atoms with Gasteiger partial charge in [0.1, 0.15) is 0 Å². The summed E-state index contributed by atoms with van der Waals surface area (Å²) in [7, 11) is -3.25. The molecule has 56 heavy (non-hydrogen) atoms. The molecule has 2 aromatic heterocycles. The number of hydrogen-bond acceptors (Lipinski definition) is 4. The molecular formula is C51H34N3OP. The molecule has 0 aliphatic heterocycles. The Hall–Kier alpha value is -7.00. The maximum absolute atomic E-state index is 15.6. The van der Waals surface area contributed by atoms with Gasteiger partial charge in [0.15, 0.2) is 13.0 Å². The van der Waals surface area contributed by atoms with Crippen LogP contribution in [0.4, 0.5) is 0 Å². The highest BCUT2D eigenvalue weighted by atomic mass is 31.2. The summed E-state index contributed by atoms with van der Waals surface area (Å²) in [6, 6.07) is 69.4. The number of hydrogen-bond donors (Lipinski definition) is 0. The Morgan fingerprint density at radius 3 is 1.45 bits per heavy atom. The largest absolute Gasteiger partial charge is 0.309 e. The second-order valence-corrected chi connectivity index (χ2v) is 16.7. The molecule has 10 rings (SSSR count). The topological polar surface area (TPSA) is 55.7 Å². The van der Waals surface area contributed by atoms with E-state index in [1.165, 1.54) is 0 Å². The molecule has 0 amide bonds. The molecule has 2 heterocycles. The van der Waals surface area contributed by atoms with Crippen LogP contribution in [0.25, 0.3) is 77.6 Å². The van der Waals surface area contributed by atoms with Gasteiger partial charge in [-0.3, -0.25) is 0 Å². The van der Waals surface area contributed by atoms with Crippen LogP contribution in [0.3, 0.4) is 0 Å². The maximum atomic E-state index is 15.6. The second kappa shape index (κ2) is 14.0. The molecule has 0 spiro atoms. The fourth-order valence-corrected chi connectivity index (χ4v) is 10.6. The van der Waals surface area contributed by atoms with E-state index in [1.54, 1.807) is 0 Å². The zero-order valence-electron chi connectivity index (χ0n) is 30.3. The molecule has 0 unspecified atom stereocenters. The summed E-state index contributed by atoms with van der Waals surface area (Å²) >= 11 is 0. The minimum Gasteiger partial charge on any atom is -0.309 e. The minimum absolute atomic E-state index is 0.633. The van der Waals surface area contributed by atoms with E-state index in [4.69, 9.17) is 15.0 Å². The first-order chi connectivity index (χ1) is 27.6. The number of benzene rings is 8. The van der Waals surface area contributed by atoms with Crippen LogP contribution in [0.1, 0.15) is 0 Å². The third kappa shape index (κ3) is 5.80. The van der Waals surface area contributed by atoms with E-state index >= 15 is 4.57 Å². The van der Waals surface area contributed by atoms with Crippen LogP contribution in [-0.4, -0.2) is 15.0 Å². The number of rotatable bonds is 7. The van der Waals surface area contributed by atoms with E-state index in [-0.39, 0.29) is 0 Å². The predicted octanol–water partition coefficient (Wildman–Crippen LogP) is 11.6. The van der Waals surface area contributed by atoms with E-state index in [0.29, 0.717) is 5.82 Å². The van der Waals surface area contributed by atoms with Gasteiger partial charge in [-0.25, -0.2) is 15.0 Å². The highest BCUT2D eigenvalue weighted by Gasteiger charge is 2.30. The summed E-state index contributed by atoms with van der Waals surface area (Å²) in [5.74, 6) is 0.633. The SMILES string of the molecule is O=P(c1ccccc1)(c1ccccc1)c1cccc(-c2nc3ccccc3c3c2cc(-c2nc(-c4ccccc4)cc(-c4ccccc4)n2)c2ccccc23)c1. The Labute approximate surface area is 325 Å². The van der Waals surface area contributed by atoms with Crippen molar-refractivity contribution >= 4 is 55.5 Å². The van der Waals surface area contributed by atoms with E-state index in [2.05, 4.69) is 91.0 Å². The maximum Gasteiger partial charge on any atom is 0.171 e. The van der Waals surface area contributed by atoms with Gasteiger partial charge >= 0.3 is 0 Å². The van der Waals surface area contributed by atoms with Crippen molar-refractivity contribution in [2.75, 3.05) is 0 Å². The van der Waals surface area contributed by atoms with Crippen LogP contribution in [0, 0.1) is 0 Å². The van der Waals surface area contributed by atoms with Gasteiger partial charge in [0.25, 0.3) is 0 Å². The highest BCUT2D eigenvalue weighted by Crippen LogP contribution is 2.45. The van der Waals surface area contributed by atoms with Gasteiger partial charge in [0.2, 0.25) is 0 Å². The van der Waals surface area contributed by atoms with E-state index in [1.807, 2.05) is 115 Å². The Balaban J connectivity index is 1.27. The Kier molecular flexibility index (Phi) is 8.40. The van der Waals surface area contributed by atoms with Crippen LogP contribution in [0.5, 0.6) is 0 Å². The molecule has 0 saturated heterocycles. The Morgan fingerprint density at radius 2 is 0.839 bits per heavy atom. The van der Waals surface area contributed by atoms with Crippen molar-refractivity contribution in [3.05, 3.63) is 206 Å². The zero-order chi connectivity index (χ0) is 37.5. The van der Waals surface area contributed by atoms with Crippen LogP contribution < -0.4 is 15.9 Å². The highest BCUT2D eigenvalue weighted by molar-refractivity contribution is 7.85. The van der Waals surface area contributed by atoms with Crippen LogP contribution in [0.15, 0.2) is 206 Å². The normalized spacial score (nSPS) is 11.6. The molecule has 0 atom stereocenters. The third-order valence-electron chi connectivity index (χ3n) is 10.5. The zero-order valence-corrected chi connectivity index (χ0v) is 31.2. The molecule has 0 saturated carbocycles. The van der Waals surface area contributed by atoms with Gasteiger partial charge in [-0.1, -0.05) is 182 Å². The molecule has 0 N–H and O–H groups in total. The molecule has 264 valence electrons. The van der Waals surface area contributed by atoms with Crippen molar-refractivity contribution in [2.24, 2.45) is 0 Å². The lowest BCUT2D eigenvalue weighted by molar-refractivity contribution is 0.592. The molecule has 0 bridgehead atoms. The summed E-state index contributed by atoms with van der Waals surface area (Å²) in [6.07, 6.45) is 0. The fraction of sp³-hybridized carbons (Fsp3) is 0. The number of fused-ring (bicyclic) bond motifs is 5. The van der Waals surface area contributed by atoms with Crippen molar-refractivity contribution in [3.8, 4) is 45.2 Å². The quantitative estimate of drug-likeness (QED) is 0.121. The molecule has 0 fully saturated rings. The van der Waals surface area contributed by atoms with Gasteiger partial charge in [0, 0.05) is 54.3 Å². The average molecular weight is 736 g/mol. The van der Waals surface area contributed by atoms with Gasteiger partial charge in [-0.05, 0) is 35.0 Å². The number of nitrogens with zero attached hydrogens (tertiary/aromatic N) is 3. The van der Waals surface area contributed by atoms with Gasteiger partial charge in [0.05, 0.1) is 22.6 Å². The summed E-state index contributed by atoms with van der Waals surface area (Å²) in [5.41, 5.74) is 7.23. The Bertz CT molecular complexity index is 3000. The van der Waals surface area contributed by atoms with Gasteiger partial charge in [-0.2, -0.15) is 0 Å². The van der Waals surface area contributed by atoms with Gasteiger partial charge < -0.3 is 4.57 Å². The van der Waals surface area contributed by atoms with Crippen molar-refractivity contribution in [1.29, 1.82) is 0 Å². The van der Waals surface area contributed by atoms with Crippen molar-refractivity contribution in [3.63, 3.8) is 0 Å². The first kappa shape index (κ1) is 33.6. The molecule has 10 aromatic rings. The summed E-state index contributed by atoms with van der Waals surface area (Å²) < 4.78 is 15.6. The minimum atomic E-state index is -3.25. The molecule has 0 aliphatic rings. The van der Waals surface area contributed by atoms with Crippen molar-refractivity contribution < 1.29 is 4.57 Å². The van der Waals surface area contributed by atoms with Crippen LogP contribution in [-0.2, 0) is 4.57 Å². The number of aromatic nitrogens is 3. The molecule has 8 aromatic carbocycles. The monoisotopic (exact) mass is 735 g/mol.